The molecule has 1 amide bonds. The molecule has 0 fully saturated rings. The van der Waals surface area contributed by atoms with E-state index in [0.29, 0.717) is 10.6 Å². The van der Waals surface area contributed by atoms with Crippen LogP contribution in [0.5, 0.6) is 0 Å². The van der Waals surface area contributed by atoms with Gasteiger partial charge in [-0.2, -0.15) is 0 Å². The van der Waals surface area contributed by atoms with E-state index in [4.69, 9.17) is 0 Å². The summed E-state index contributed by atoms with van der Waals surface area (Å²) < 4.78 is 0. The van der Waals surface area contributed by atoms with Gasteiger partial charge in [0.25, 0.3) is 5.91 Å². The van der Waals surface area contributed by atoms with E-state index in [0.717, 1.165) is 16.1 Å². The molecular weight excluding hydrogens is 340 g/mol. The lowest BCUT2D eigenvalue weighted by Crippen LogP contribution is -2.14. The molecule has 24 heavy (non-hydrogen) atoms. The highest BCUT2D eigenvalue weighted by atomic mass is 32.1. The second kappa shape index (κ2) is 6.10. The van der Waals surface area contributed by atoms with Gasteiger partial charge >= 0.3 is 0 Å². The number of hydrogen-bond donors (Lipinski definition) is 1. The van der Waals surface area contributed by atoms with Gasteiger partial charge in [-0.05, 0) is 31.2 Å². The maximum atomic E-state index is 12.4. The van der Waals surface area contributed by atoms with Gasteiger partial charge in [-0.3, -0.25) is 15.1 Å². The minimum absolute atomic E-state index is 0.275. The van der Waals surface area contributed by atoms with Crippen LogP contribution in [0.15, 0.2) is 48.0 Å². The molecule has 0 atom stereocenters. The molecule has 0 aliphatic rings. The number of nitrogens with zero attached hydrogens (tertiary/aromatic N) is 3. The quantitative estimate of drug-likeness (QED) is 0.594. The predicted octanol–water partition coefficient (Wildman–Crippen LogP) is 4.38. The zero-order valence-corrected chi connectivity index (χ0v) is 14.3. The fourth-order valence-electron chi connectivity index (χ4n) is 2.24. The molecule has 0 saturated heterocycles. The molecule has 4 aromatic rings. The molecule has 3 heterocycles. The molecule has 0 saturated carbocycles. The zero-order valence-electron chi connectivity index (χ0n) is 12.7. The molecule has 1 aromatic carbocycles. The Balaban J connectivity index is 1.56. The Hall–Kier alpha value is -2.64. The first-order valence-corrected chi connectivity index (χ1v) is 8.94. The second-order valence-corrected chi connectivity index (χ2v) is 7.29. The topological polar surface area (TPSA) is 67.8 Å². The summed E-state index contributed by atoms with van der Waals surface area (Å²) in [5.74, 6) is -0.309. The summed E-state index contributed by atoms with van der Waals surface area (Å²) in [6.45, 7) is 2.06. The van der Waals surface area contributed by atoms with Crippen LogP contribution in [-0.4, -0.2) is 20.9 Å². The number of rotatable bonds is 3. The minimum Gasteiger partial charge on any atom is -0.296 e. The first kappa shape index (κ1) is 14.9. The number of carbonyl (C=O) groups is 1. The molecular formula is C17H12N4OS2. The number of thiazole rings is 1. The van der Waals surface area contributed by atoms with Gasteiger partial charge in [0.2, 0.25) is 0 Å². The summed E-state index contributed by atoms with van der Waals surface area (Å²) in [7, 11) is 0. The van der Waals surface area contributed by atoms with E-state index in [1.54, 1.807) is 11.3 Å². The zero-order chi connectivity index (χ0) is 16.5. The maximum absolute atomic E-state index is 12.4. The van der Waals surface area contributed by atoms with E-state index in [1.807, 2.05) is 35.7 Å². The molecule has 5 nitrogen and oxygen atoms in total. The average Bonchev–Trinajstić information content (AvgIpc) is 3.23. The van der Waals surface area contributed by atoms with Crippen molar-refractivity contribution in [3.63, 3.8) is 0 Å². The van der Waals surface area contributed by atoms with Crippen LogP contribution in [0.4, 0.5) is 5.13 Å². The molecule has 0 radical (unpaired) electrons. The summed E-state index contributed by atoms with van der Waals surface area (Å²) in [4.78, 5) is 27.8. The van der Waals surface area contributed by atoms with Crippen LogP contribution >= 0.6 is 22.7 Å². The summed E-state index contributed by atoms with van der Waals surface area (Å²) in [6, 6.07) is 11.5. The Morgan fingerprint density at radius 3 is 2.71 bits per heavy atom. The fraction of sp³-hybridized carbons (Fsp3) is 0.0588. The monoisotopic (exact) mass is 352 g/mol. The number of carbonyl (C=O) groups excluding carboxylic acids is 1. The molecule has 118 valence electrons. The van der Waals surface area contributed by atoms with Gasteiger partial charge in [0.15, 0.2) is 5.13 Å². The Kier molecular flexibility index (Phi) is 3.79. The van der Waals surface area contributed by atoms with Crippen LogP contribution in [0.1, 0.15) is 15.4 Å². The van der Waals surface area contributed by atoms with E-state index >= 15 is 0 Å². The Morgan fingerprint density at radius 2 is 1.92 bits per heavy atom. The van der Waals surface area contributed by atoms with Gasteiger partial charge in [0.1, 0.15) is 5.69 Å². The lowest BCUT2D eigenvalue weighted by molar-refractivity contribution is 0.102. The van der Waals surface area contributed by atoms with Crippen LogP contribution in [0, 0.1) is 6.92 Å². The number of thiophene rings is 1. The lowest BCUT2D eigenvalue weighted by Gasteiger charge is -2.02. The van der Waals surface area contributed by atoms with Gasteiger partial charge in [-0.25, -0.2) is 9.97 Å². The highest BCUT2D eigenvalue weighted by Gasteiger charge is 2.13. The number of aromatic nitrogens is 3. The Labute approximate surface area is 146 Å². The van der Waals surface area contributed by atoms with Crippen molar-refractivity contribution in [3.05, 3.63) is 58.5 Å². The number of fused-ring (bicyclic) bond motifs is 1. The molecule has 1 N–H and O–H groups in total. The van der Waals surface area contributed by atoms with Crippen LogP contribution in [0.25, 0.3) is 21.6 Å². The third-order valence-corrected chi connectivity index (χ3v) is 5.18. The van der Waals surface area contributed by atoms with E-state index < -0.39 is 0 Å². The van der Waals surface area contributed by atoms with E-state index in [1.165, 1.54) is 22.4 Å². The average molecular weight is 352 g/mol. The van der Waals surface area contributed by atoms with Crippen LogP contribution < -0.4 is 5.32 Å². The highest BCUT2D eigenvalue weighted by molar-refractivity contribution is 7.17. The molecule has 7 heteroatoms. The van der Waals surface area contributed by atoms with Crippen molar-refractivity contribution in [2.45, 2.75) is 6.92 Å². The normalized spacial score (nSPS) is 10.9. The number of anilines is 1. The SMILES string of the molecule is Cc1ccc(-c2csc(NC(=O)c3cnc4ccccc4n3)n2)s1. The number of hydrogen-bond acceptors (Lipinski definition) is 6. The molecule has 0 spiro atoms. The number of aryl methyl sites for hydroxylation is 1. The smallest absolute Gasteiger partial charge is 0.277 e. The molecule has 4 rings (SSSR count). The van der Waals surface area contributed by atoms with Gasteiger partial charge in [-0.15, -0.1) is 22.7 Å². The Morgan fingerprint density at radius 1 is 1.08 bits per heavy atom. The van der Waals surface area contributed by atoms with Crippen LogP contribution in [0.3, 0.4) is 0 Å². The summed E-state index contributed by atoms with van der Waals surface area (Å²) in [5, 5.41) is 5.28. The predicted molar refractivity (Wildman–Crippen MR) is 97.7 cm³/mol. The molecule has 3 aromatic heterocycles. The van der Waals surface area contributed by atoms with Crippen molar-refractivity contribution in [2.24, 2.45) is 0 Å². The molecule has 0 bridgehead atoms. The molecule has 0 aliphatic heterocycles. The van der Waals surface area contributed by atoms with Gasteiger partial charge in [0.05, 0.1) is 27.8 Å². The van der Waals surface area contributed by atoms with Crippen molar-refractivity contribution in [2.75, 3.05) is 5.32 Å². The lowest BCUT2D eigenvalue weighted by atomic mass is 10.3. The third-order valence-electron chi connectivity index (χ3n) is 3.40. The Bertz CT molecular complexity index is 1040. The van der Waals surface area contributed by atoms with Crippen molar-refractivity contribution in [1.82, 2.24) is 15.0 Å². The highest BCUT2D eigenvalue weighted by Crippen LogP contribution is 2.30. The van der Waals surface area contributed by atoms with E-state index in [-0.39, 0.29) is 11.6 Å². The molecule has 0 aliphatic carbocycles. The number of benzene rings is 1. The first-order valence-electron chi connectivity index (χ1n) is 7.24. The van der Waals surface area contributed by atoms with Crippen molar-refractivity contribution in [3.8, 4) is 10.6 Å². The number of nitrogens with one attached hydrogen (secondary N) is 1. The summed E-state index contributed by atoms with van der Waals surface area (Å²) in [6.07, 6.45) is 1.48. The standard InChI is InChI=1S/C17H12N4OS2/c1-10-6-7-15(24-10)14-9-23-17(20-14)21-16(22)13-8-18-11-4-2-3-5-12(11)19-13/h2-9H,1H3,(H,20,21,22). The summed E-state index contributed by atoms with van der Waals surface area (Å²) >= 11 is 3.08. The van der Waals surface area contributed by atoms with Crippen LogP contribution in [0.2, 0.25) is 0 Å². The first-order chi connectivity index (χ1) is 11.7. The van der Waals surface area contributed by atoms with Gasteiger partial charge in [-0.1, -0.05) is 12.1 Å². The maximum Gasteiger partial charge on any atom is 0.277 e. The third kappa shape index (κ3) is 2.91. The van der Waals surface area contributed by atoms with Crippen molar-refractivity contribution >= 4 is 44.7 Å². The largest absolute Gasteiger partial charge is 0.296 e. The second-order valence-electron chi connectivity index (χ2n) is 5.15. The molecule has 0 unspecified atom stereocenters. The van der Waals surface area contributed by atoms with Crippen LogP contribution in [-0.2, 0) is 0 Å². The van der Waals surface area contributed by atoms with Gasteiger partial charge in [0, 0.05) is 10.3 Å². The van der Waals surface area contributed by atoms with Crippen molar-refractivity contribution < 1.29 is 4.79 Å². The van der Waals surface area contributed by atoms with E-state index in [9.17, 15) is 4.79 Å². The van der Waals surface area contributed by atoms with Gasteiger partial charge < -0.3 is 0 Å². The number of amides is 1. The minimum atomic E-state index is -0.309. The van der Waals surface area contributed by atoms with Crippen molar-refractivity contribution in [1.29, 1.82) is 0 Å². The fourth-order valence-corrected chi connectivity index (χ4v) is 3.85. The van der Waals surface area contributed by atoms with E-state index in [2.05, 4.69) is 33.3 Å². The number of para-hydroxylation sites is 2. The summed E-state index contributed by atoms with van der Waals surface area (Å²) in [5.41, 5.74) is 2.60.